The maximum atomic E-state index is 13.5. The summed E-state index contributed by atoms with van der Waals surface area (Å²) >= 11 is 0. The zero-order chi connectivity index (χ0) is 35.0. The van der Waals surface area contributed by atoms with Gasteiger partial charge in [0.15, 0.2) is 0 Å². The van der Waals surface area contributed by atoms with Crippen LogP contribution in [0.1, 0.15) is 63.4 Å². The predicted molar refractivity (Wildman–Crippen MR) is 168 cm³/mol. The van der Waals surface area contributed by atoms with Gasteiger partial charge in [0.25, 0.3) is 5.91 Å². The van der Waals surface area contributed by atoms with Crippen molar-refractivity contribution in [2.24, 2.45) is 17.6 Å². The molecule has 1 aromatic carbocycles. The number of carboxylic acid groups (broad SMARTS) is 1. The number of likely N-dealkylation sites (N-methyl/N-ethyl adjacent to an activating group) is 1. The maximum Gasteiger partial charge on any atom is 0.322 e. The Labute approximate surface area is 268 Å². The summed E-state index contributed by atoms with van der Waals surface area (Å²) in [6, 6.07) is 1.37. The lowest BCUT2D eigenvalue weighted by Gasteiger charge is -2.26. The summed E-state index contributed by atoms with van der Waals surface area (Å²) in [6.45, 7) is 8.54. The van der Waals surface area contributed by atoms with Crippen molar-refractivity contribution in [3.05, 3.63) is 29.3 Å². The number of hydrogen-bond acceptors (Lipinski definition) is 9. The van der Waals surface area contributed by atoms with Gasteiger partial charge in [-0.25, -0.2) is 4.79 Å². The van der Waals surface area contributed by atoms with Crippen LogP contribution in [0.5, 0.6) is 0 Å². The van der Waals surface area contributed by atoms with Gasteiger partial charge in [0.05, 0.1) is 12.5 Å². The highest BCUT2D eigenvalue weighted by atomic mass is 16.5. The highest BCUT2D eigenvalue weighted by Gasteiger charge is 2.29. The van der Waals surface area contributed by atoms with Crippen molar-refractivity contribution in [2.75, 3.05) is 38.5 Å². The van der Waals surface area contributed by atoms with Gasteiger partial charge in [-0.2, -0.15) is 0 Å². The SMILES string of the molecule is CCN(C)CC(=O)N[C@H](C(=O)N[C@@H](CCCNC(N)=O)C(=O)Nc1ccc(COC(=O)C(C)C)c(C(=O)NCC(=O)O)c1)C(C)C. The van der Waals surface area contributed by atoms with Gasteiger partial charge < -0.3 is 42.2 Å². The molecule has 16 heteroatoms. The third-order valence-corrected chi connectivity index (χ3v) is 6.68. The number of anilines is 1. The molecule has 256 valence electrons. The third kappa shape index (κ3) is 14.4. The summed E-state index contributed by atoms with van der Waals surface area (Å²) in [6.07, 6.45) is 0.328. The molecule has 0 aromatic heterocycles. The number of benzene rings is 1. The minimum atomic E-state index is -1.27. The second-order valence-electron chi connectivity index (χ2n) is 11.3. The predicted octanol–water partition coefficient (Wildman–Crippen LogP) is 0.165. The molecule has 1 aromatic rings. The number of aliphatic carboxylic acids is 1. The van der Waals surface area contributed by atoms with Crippen LogP contribution >= 0.6 is 0 Å². The molecule has 46 heavy (non-hydrogen) atoms. The molecule has 2 atom stereocenters. The Bertz CT molecular complexity index is 1250. The Morgan fingerprint density at radius 1 is 0.978 bits per heavy atom. The van der Waals surface area contributed by atoms with Crippen LogP contribution in [-0.2, 0) is 35.3 Å². The Morgan fingerprint density at radius 2 is 1.65 bits per heavy atom. The number of carboxylic acids is 1. The quantitative estimate of drug-likeness (QED) is 0.0791. The number of nitrogens with zero attached hydrogens (tertiary/aromatic N) is 1. The lowest BCUT2D eigenvalue weighted by molar-refractivity contribution is -0.148. The summed E-state index contributed by atoms with van der Waals surface area (Å²) in [5.74, 6) is -4.92. The van der Waals surface area contributed by atoms with E-state index in [4.69, 9.17) is 15.6 Å². The van der Waals surface area contributed by atoms with Crippen LogP contribution in [0, 0.1) is 11.8 Å². The number of esters is 1. The maximum absolute atomic E-state index is 13.5. The molecule has 0 spiro atoms. The Kier molecular flexibility index (Phi) is 16.8. The summed E-state index contributed by atoms with van der Waals surface area (Å²) in [7, 11) is 1.76. The molecule has 0 saturated carbocycles. The first-order valence-corrected chi connectivity index (χ1v) is 15.0. The van der Waals surface area contributed by atoms with Gasteiger partial charge in [0.2, 0.25) is 17.7 Å². The number of nitrogens with two attached hydrogens (primary N) is 1. The normalized spacial score (nSPS) is 12.2. The zero-order valence-corrected chi connectivity index (χ0v) is 27.2. The fourth-order valence-corrected chi connectivity index (χ4v) is 3.95. The molecule has 16 nitrogen and oxygen atoms in total. The van der Waals surface area contributed by atoms with E-state index in [1.165, 1.54) is 18.2 Å². The third-order valence-electron chi connectivity index (χ3n) is 6.68. The molecule has 0 aliphatic heterocycles. The van der Waals surface area contributed by atoms with E-state index in [1.807, 2.05) is 6.92 Å². The second-order valence-corrected chi connectivity index (χ2v) is 11.3. The van der Waals surface area contributed by atoms with Crippen molar-refractivity contribution in [2.45, 2.75) is 66.2 Å². The van der Waals surface area contributed by atoms with E-state index in [1.54, 1.807) is 39.6 Å². The summed E-state index contributed by atoms with van der Waals surface area (Å²) in [5.41, 5.74) is 5.48. The van der Waals surface area contributed by atoms with Gasteiger partial charge in [-0.1, -0.05) is 40.7 Å². The average Bonchev–Trinajstić information content (AvgIpc) is 2.98. The van der Waals surface area contributed by atoms with Crippen LogP contribution in [0.2, 0.25) is 0 Å². The van der Waals surface area contributed by atoms with Crippen LogP contribution in [-0.4, -0.2) is 96.9 Å². The Hall–Kier alpha value is -4.73. The number of carbonyl (C=O) groups is 7. The van der Waals surface area contributed by atoms with Gasteiger partial charge in [-0.15, -0.1) is 0 Å². The van der Waals surface area contributed by atoms with Crippen molar-refractivity contribution in [3.63, 3.8) is 0 Å². The summed E-state index contributed by atoms with van der Waals surface area (Å²) < 4.78 is 5.24. The smallest absolute Gasteiger partial charge is 0.322 e. The summed E-state index contributed by atoms with van der Waals surface area (Å²) in [5, 5.41) is 21.7. The molecule has 0 radical (unpaired) electrons. The van der Waals surface area contributed by atoms with E-state index >= 15 is 0 Å². The average molecular weight is 650 g/mol. The van der Waals surface area contributed by atoms with Gasteiger partial charge in [0, 0.05) is 23.4 Å². The number of amides is 6. The molecule has 0 unspecified atom stereocenters. The molecular formula is C30H47N7O9. The zero-order valence-electron chi connectivity index (χ0n) is 27.2. The molecule has 8 N–H and O–H groups in total. The minimum Gasteiger partial charge on any atom is -0.480 e. The van der Waals surface area contributed by atoms with Crippen LogP contribution in [0.3, 0.4) is 0 Å². The second kappa shape index (κ2) is 19.6. The van der Waals surface area contributed by atoms with Crippen molar-refractivity contribution in [1.29, 1.82) is 0 Å². The van der Waals surface area contributed by atoms with E-state index < -0.39 is 60.2 Å². The van der Waals surface area contributed by atoms with Gasteiger partial charge in [-0.05, 0) is 44.5 Å². The number of nitrogens with one attached hydrogen (secondary N) is 5. The van der Waals surface area contributed by atoms with Gasteiger partial charge >= 0.3 is 18.0 Å². The number of ether oxygens (including phenoxy) is 1. The lowest BCUT2D eigenvalue weighted by atomic mass is 10.0. The monoisotopic (exact) mass is 649 g/mol. The van der Waals surface area contributed by atoms with E-state index in [0.29, 0.717) is 6.54 Å². The molecule has 1 rings (SSSR count). The first-order valence-electron chi connectivity index (χ1n) is 15.0. The highest BCUT2D eigenvalue weighted by molar-refractivity contribution is 6.01. The first kappa shape index (κ1) is 39.3. The summed E-state index contributed by atoms with van der Waals surface area (Å²) in [4.78, 5) is 88.0. The fourth-order valence-electron chi connectivity index (χ4n) is 3.95. The minimum absolute atomic E-state index is 0.0403. The molecule has 6 amide bonds. The lowest BCUT2D eigenvalue weighted by Crippen LogP contribution is -2.55. The number of urea groups is 1. The van der Waals surface area contributed by atoms with E-state index in [2.05, 4.69) is 26.6 Å². The molecule has 0 fully saturated rings. The van der Waals surface area contributed by atoms with Crippen LogP contribution in [0.25, 0.3) is 0 Å². The van der Waals surface area contributed by atoms with E-state index in [-0.39, 0.29) is 61.2 Å². The van der Waals surface area contributed by atoms with E-state index in [9.17, 15) is 33.6 Å². The number of carbonyl (C=O) groups excluding carboxylic acids is 6. The largest absolute Gasteiger partial charge is 0.480 e. The number of rotatable bonds is 19. The fraction of sp³-hybridized carbons (Fsp3) is 0.567. The highest BCUT2D eigenvalue weighted by Crippen LogP contribution is 2.19. The van der Waals surface area contributed by atoms with Crippen LogP contribution in [0.15, 0.2) is 18.2 Å². The molecule has 0 saturated heterocycles. The van der Waals surface area contributed by atoms with Crippen molar-refractivity contribution in [1.82, 2.24) is 26.2 Å². The Balaban J connectivity index is 3.26. The molecule has 0 aliphatic carbocycles. The molecule has 0 heterocycles. The molecular weight excluding hydrogens is 602 g/mol. The van der Waals surface area contributed by atoms with Crippen molar-refractivity contribution in [3.8, 4) is 0 Å². The topological polar surface area (TPSA) is 238 Å². The van der Waals surface area contributed by atoms with Crippen LogP contribution < -0.4 is 32.3 Å². The van der Waals surface area contributed by atoms with Crippen molar-refractivity contribution >= 4 is 47.3 Å². The molecule has 0 bridgehead atoms. The molecule has 0 aliphatic rings. The Morgan fingerprint density at radius 3 is 2.22 bits per heavy atom. The van der Waals surface area contributed by atoms with E-state index in [0.717, 1.165) is 0 Å². The number of hydrogen-bond donors (Lipinski definition) is 7. The van der Waals surface area contributed by atoms with Crippen LogP contribution in [0.4, 0.5) is 10.5 Å². The van der Waals surface area contributed by atoms with Gasteiger partial charge in [0.1, 0.15) is 25.2 Å². The number of primary amides is 1. The van der Waals surface area contributed by atoms with Gasteiger partial charge in [-0.3, -0.25) is 33.7 Å². The standard InChI is InChI=1S/C30H47N7O9/c1-7-37(6)15-23(38)36-25(17(2)3)28(43)35-22(9-8-12-32-30(31)45)27(42)34-20-11-10-19(16-46-29(44)18(4)5)21(13-20)26(41)33-14-24(39)40/h10-11,13,17-18,22,25H,7-9,12,14-16H2,1-6H3,(H,33,41)(H,34,42)(H,35,43)(H,36,38)(H,39,40)(H3,31,32,45)/t22-,25-/m0/s1. The first-order chi connectivity index (χ1) is 21.5. The van der Waals surface area contributed by atoms with Crippen molar-refractivity contribution < 1.29 is 43.4 Å².